The van der Waals surface area contributed by atoms with Gasteiger partial charge in [-0.25, -0.2) is 0 Å². The van der Waals surface area contributed by atoms with Crippen LogP contribution < -0.4 is 4.74 Å². The third-order valence-corrected chi connectivity index (χ3v) is 7.08. The number of aryl methyl sites for hydroxylation is 1. The molecule has 27 heavy (non-hydrogen) atoms. The highest BCUT2D eigenvalue weighted by Crippen LogP contribution is 2.55. The van der Waals surface area contributed by atoms with Gasteiger partial charge in [-0.1, -0.05) is 44.5 Å². The first-order valence-electron chi connectivity index (χ1n) is 10.4. The smallest absolute Gasteiger partial charge is 0.119 e. The summed E-state index contributed by atoms with van der Waals surface area (Å²) in [6.45, 7) is 4.80. The Bertz CT molecular complexity index is 812. The van der Waals surface area contributed by atoms with Crippen molar-refractivity contribution in [2.24, 2.45) is 22.2 Å². The van der Waals surface area contributed by atoms with Gasteiger partial charge >= 0.3 is 0 Å². The lowest BCUT2D eigenvalue weighted by molar-refractivity contribution is 0.0831. The van der Waals surface area contributed by atoms with Crippen LogP contribution in [0.3, 0.4) is 0 Å². The Morgan fingerprint density at radius 2 is 1.96 bits per heavy atom. The van der Waals surface area contributed by atoms with Crippen LogP contribution in [0.15, 0.2) is 53.5 Å². The molecule has 0 aromatic heterocycles. The summed E-state index contributed by atoms with van der Waals surface area (Å²) in [7, 11) is 1.76. The van der Waals surface area contributed by atoms with Gasteiger partial charge in [0, 0.05) is 11.6 Å². The van der Waals surface area contributed by atoms with Crippen LogP contribution in [0, 0.1) is 17.3 Å². The standard InChI is InChI=1S/C25H31NO/c1-4-24-23-12-10-18-16-20(27-3)11-13-21(18)22(23)14-15-25(24,2)17-26-19-8-6-5-7-9-19/h5-9,11,13,16-17,22-24H,4,10,12,14-15H2,1-3H3/t22-,23-,24+,25-/m1/s1. The molecule has 1 saturated carbocycles. The van der Waals surface area contributed by atoms with E-state index in [1.54, 1.807) is 12.7 Å². The number of hydrogen-bond acceptors (Lipinski definition) is 2. The number of hydrogen-bond donors (Lipinski definition) is 0. The summed E-state index contributed by atoms with van der Waals surface area (Å²) in [5.41, 5.74) is 4.34. The molecule has 142 valence electrons. The number of aliphatic imine (C=N–C) groups is 1. The number of methoxy groups -OCH3 is 1. The lowest BCUT2D eigenvalue weighted by Crippen LogP contribution is -2.43. The first kappa shape index (κ1) is 18.3. The van der Waals surface area contributed by atoms with Crippen molar-refractivity contribution in [2.75, 3.05) is 7.11 Å². The molecular formula is C25H31NO. The van der Waals surface area contributed by atoms with Crippen LogP contribution in [0.25, 0.3) is 0 Å². The molecule has 0 saturated heterocycles. The lowest BCUT2D eigenvalue weighted by Gasteiger charge is -2.50. The molecule has 4 atom stereocenters. The van der Waals surface area contributed by atoms with Crippen LogP contribution in [0.2, 0.25) is 0 Å². The van der Waals surface area contributed by atoms with E-state index >= 15 is 0 Å². The summed E-state index contributed by atoms with van der Waals surface area (Å²) in [6, 6.07) is 17.1. The molecule has 2 aromatic rings. The summed E-state index contributed by atoms with van der Waals surface area (Å²) in [6.07, 6.45) is 8.45. The first-order valence-corrected chi connectivity index (χ1v) is 10.4. The quantitative estimate of drug-likeness (QED) is 0.564. The molecule has 0 heterocycles. The van der Waals surface area contributed by atoms with Crippen LogP contribution in [0.4, 0.5) is 5.69 Å². The summed E-state index contributed by atoms with van der Waals surface area (Å²) in [5, 5.41) is 0. The molecule has 0 radical (unpaired) electrons. The third-order valence-electron chi connectivity index (χ3n) is 7.08. The van der Waals surface area contributed by atoms with E-state index in [4.69, 9.17) is 9.73 Å². The number of benzene rings is 2. The van der Waals surface area contributed by atoms with Gasteiger partial charge in [-0.3, -0.25) is 4.99 Å². The minimum atomic E-state index is 0.190. The van der Waals surface area contributed by atoms with E-state index in [9.17, 15) is 0 Å². The van der Waals surface area contributed by atoms with Crippen LogP contribution in [-0.4, -0.2) is 13.3 Å². The predicted octanol–water partition coefficient (Wildman–Crippen LogP) is 6.57. The van der Waals surface area contributed by atoms with E-state index in [-0.39, 0.29) is 5.41 Å². The highest BCUT2D eigenvalue weighted by molar-refractivity contribution is 5.70. The monoisotopic (exact) mass is 361 g/mol. The molecule has 0 bridgehead atoms. The molecule has 0 unspecified atom stereocenters. The Balaban J connectivity index is 1.61. The van der Waals surface area contributed by atoms with Crippen molar-refractivity contribution in [1.82, 2.24) is 0 Å². The zero-order valence-corrected chi connectivity index (χ0v) is 16.8. The van der Waals surface area contributed by atoms with Gasteiger partial charge in [0.2, 0.25) is 0 Å². The lowest BCUT2D eigenvalue weighted by atomic mass is 9.54. The fourth-order valence-electron chi connectivity index (χ4n) is 5.70. The van der Waals surface area contributed by atoms with Crippen molar-refractivity contribution in [1.29, 1.82) is 0 Å². The van der Waals surface area contributed by atoms with Crippen LogP contribution in [-0.2, 0) is 6.42 Å². The molecule has 2 nitrogen and oxygen atoms in total. The van der Waals surface area contributed by atoms with Gasteiger partial charge < -0.3 is 4.74 Å². The van der Waals surface area contributed by atoms with E-state index in [0.29, 0.717) is 11.8 Å². The Morgan fingerprint density at radius 3 is 2.70 bits per heavy atom. The first-order chi connectivity index (χ1) is 13.1. The molecule has 0 aliphatic heterocycles. The van der Waals surface area contributed by atoms with Gasteiger partial charge in [-0.2, -0.15) is 0 Å². The molecule has 1 fully saturated rings. The normalized spacial score (nSPS) is 30.0. The van der Waals surface area contributed by atoms with Gasteiger partial charge in [-0.05, 0) is 78.8 Å². The summed E-state index contributed by atoms with van der Waals surface area (Å²) in [4.78, 5) is 4.86. The van der Waals surface area contributed by atoms with Gasteiger partial charge in [0.15, 0.2) is 0 Å². The minimum absolute atomic E-state index is 0.190. The van der Waals surface area contributed by atoms with Crippen molar-refractivity contribution in [3.63, 3.8) is 0 Å². The Morgan fingerprint density at radius 1 is 1.15 bits per heavy atom. The van der Waals surface area contributed by atoms with Crippen molar-refractivity contribution in [3.05, 3.63) is 59.7 Å². The van der Waals surface area contributed by atoms with E-state index in [1.807, 2.05) is 0 Å². The Kier molecular flexibility index (Phi) is 5.08. The highest BCUT2D eigenvalue weighted by Gasteiger charge is 2.46. The molecule has 2 aromatic carbocycles. The maximum atomic E-state index is 5.45. The Labute approximate surface area is 163 Å². The van der Waals surface area contributed by atoms with Gasteiger partial charge in [-0.15, -0.1) is 0 Å². The fourth-order valence-corrected chi connectivity index (χ4v) is 5.70. The third kappa shape index (κ3) is 3.42. The Hall–Kier alpha value is -2.09. The predicted molar refractivity (Wildman–Crippen MR) is 113 cm³/mol. The molecule has 2 aliphatic rings. The number of rotatable bonds is 4. The number of nitrogens with zero attached hydrogens (tertiary/aromatic N) is 1. The van der Waals surface area contributed by atoms with Crippen LogP contribution in [0.5, 0.6) is 5.75 Å². The molecule has 0 N–H and O–H groups in total. The molecule has 4 rings (SSSR count). The van der Waals surface area contributed by atoms with Crippen molar-refractivity contribution in [3.8, 4) is 5.75 Å². The fraction of sp³-hybridized carbons (Fsp3) is 0.480. The molecule has 2 heteroatoms. The summed E-state index contributed by atoms with van der Waals surface area (Å²) >= 11 is 0. The number of para-hydroxylation sites is 1. The second kappa shape index (κ2) is 7.50. The maximum absolute atomic E-state index is 5.45. The van der Waals surface area contributed by atoms with E-state index in [2.05, 4.69) is 68.6 Å². The summed E-state index contributed by atoms with van der Waals surface area (Å²) < 4.78 is 5.45. The molecule has 0 spiro atoms. The maximum Gasteiger partial charge on any atom is 0.119 e. The van der Waals surface area contributed by atoms with Crippen molar-refractivity contribution in [2.45, 2.75) is 51.9 Å². The zero-order valence-electron chi connectivity index (χ0n) is 16.8. The largest absolute Gasteiger partial charge is 0.497 e. The van der Waals surface area contributed by atoms with Crippen molar-refractivity contribution < 1.29 is 4.74 Å². The molecule has 2 aliphatic carbocycles. The van der Waals surface area contributed by atoms with Gasteiger partial charge in [0.25, 0.3) is 0 Å². The number of fused-ring (bicyclic) bond motifs is 3. The topological polar surface area (TPSA) is 21.6 Å². The van der Waals surface area contributed by atoms with Crippen molar-refractivity contribution >= 4 is 11.9 Å². The van der Waals surface area contributed by atoms with Crippen LogP contribution in [0.1, 0.15) is 56.6 Å². The second-order valence-corrected chi connectivity index (χ2v) is 8.53. The van der Waals surface area contributed by atoms with E-state index in [1.165, 1.54) is 37.7 Å². The molecule has 0 amide bonds. The second-order valence-electron chi connectivity index (χ2n) is 8.53. The van der Waals surface area contributed by atoms with Gasteiger partial charge in [0.1, 0.15) is 5.75 Å². The SMILES string of the molecule is CC[C@H]1[C@@H]2CCc3cc(OC)ccc3[C@H]2CC[C@]1(C)C=Nc1ccccc1. The average molecular weight is 362 g/mol. The van der Waals surface area contributed by atoms with E-state index < -0.39 is 0 Å². The number of ether oxygens (including phenoxy) is 1. The minimum Gasteiger partial charge on any atom is -0.497 e. The molecular weight excluding hydrogens is 330 g/mol. The average Bonchev–Trinajstić information content (AvgIpc) is 2.72. The van der Waals surface area contributed by atoms with Crippen LogP contribution >= 0.6 is 0 Å². The highest BCUT2D eigenvalue weighted by atomic mass is 16.5. The van der Waals surface area contributed by atoms with Gasteiger partial charge in [0.05, 0.1) is 12.8 Å². The van der Waals surface area contributed by atoms with E-state index in [0.717, 1.165) is 17.4 Å². The zero-order chi connectivity index (χ0) is 18.9. The summed E-state index contributed by atoms with van der Waals surface area (Å²) in [5.74, 6) is 3.15.